The van der Waals surface area contributed by atoms with Gasteiger partial charge in [-0.1, -0.05) is 36.1 Å². The molecule has 0 atom stereocenters. The maximum Gasteiger partial charge on any atom is 0.270 e. The highest BCUT2D eigenvalue weighted by Crippen LogP contribution is 2.36. The monoisotopic (exact) mass is 494 g/mol. The highest BCUT2D eigenvalue weighted by molar-refractivity contribution is 8.26. The van der Waals surface area contributed by atoms with Crippen molar-refractivity contribution < 1.29 is 14.3 Å². The summed E-state index contributed by atoms with van der Waals surface area (Å²) >= 11 is 6.53. The largest absolute Gasteiger partial charge is 0.454 e. The minimum atomic E-state index is -0.382. The first-order valence-corrected chi connectivity index (χ1v) is 11.8. The number of carbonyl (C=O) groups excluding carboxylic acids is 1. The summed E-state index contributed by atoms with van der Waals surface area (Å²) in [6, 6.07) is 7.64. The Morgan fingerprint density at radius 3 is 2.79 bits per heavy atom. The Morgan fingerprint density at radius 1 is 1.32 bits per heavy atom. The zero-order valence-electron chi connectivity index (χ0n) is 18.7. The van der Waals surface area contributed by atoms with Gasteiger partial charge in [-0.15, -0.1) is 6.58 Å². The predicted molar refractivity (Wildman–Crippen MR) is 136 cm³/mol. The summed E-state index contributed by atoms with van der Waals surface area (Å²) in [5.74, 6) is 1.64. The number of nitrogens with zero attached hydrogens (tertiary/aromatic N) is 3. The molecule has 4 rings (SSSR count). The lowest BCUT2D eigenvalue weighted by molar-refractivity contribution is -0.121. The van der Waals surface area contributed by atoms with Crippen LogP contribution >= 0.6 is 24.0 Å². The van der Waals surface area contributed by atoms with Gasteiger partial charge in [0.1, 0.15) is 21.8 Å². The fraction of sp³-hybridized carbons (Fsp3) is 0.250. The van der Waals surface area contributed by atoms with Gasteiger partial charge in [-0.2, -0.15) is 5.26 Å². The summed E-state index contributed by atoms with van der Waals surface area (Å²) in [5.41, 5.74) is 1.68. The van der Waals surface area contributed by atoms with Gasteiger partial charge in [-0.3, -0.25) is 19.1 Å². The Kier molecular flexibility index (Phi) is 6.77. The van der Waals surface area contributed by atoms with Crippen LogP contribution in [0.25, 0.3) is 6.08 Å². The van der Waals surface area contributed by atoms with Crippen molar-refractivity contribution in [1.29, 1.82) is 5.26 Å². The molecule has 0 saturated carbocycles. The van der Waals surface area contributed by atoms with Crippen molar-refractivity contribution >= 4 is 46.1 Å². The number of thioether (sulfide) groups is 1. The number of rotatable bonds is 7. The molecule has 1 amide bonds. The highest BCUT2D eigenvalue weighted by atomic mass is 32.2. The second-order valence-electron chi connectivity index (χ2n) is 7.55. The van der Waals surface area contributed by atoms with E-state index in [-0.39, 0.29) is 23.8 Å². The SMILES string of the molecule is C=CCN1C(=O)/C(=C\c2c(C)c(C#N)c(=O)n(CC)c2NCc2ccc3c(c2)OCO3)SC1=S. The number of pyridine rings is 1. The van der Waals surface area contributed by atoms with Gasteiger partial charge < -0.3 is 14.8 Å². The van der Waals surface area contributed by atoms with Crippen LogP contribution in [-0.4, -0.2) is 33.0 Å². The first kappa shape index (κ1) is 23.6. The average Bonchev–Trinajstić information content (AvgIpc) is 3.39. The molecule has 3 heterocycles. The van der Waals surface area contributed by atoms with Crippen molar-refractivity contribution in [2.75, 3.05) is 18.7 Å². The van der Waals surface area contributed by atoms with Crippen molar-refractivity contribution in [3.8, 4) is 17.6 Å². The number of ether oxygens (including phenoxy) is 2. The molecule has 2 aliphatic rings. The molecule has 1 fully saturated rings. The number of aromatic nitrogens is 1. The third-order valence-electron chi connectivity index (χ3n) is 5.55. The smallest absolute Gasteiger partial charge is 0.270 e. The van der Waals surface area contributed by atoms with Crippen molar-refractivity contribution in [2.45, 2.75) is 26.9 Å². The van der Waals surface area contributed by atoms with E-state index in [1.165, 1.54) is 21.2 Å². The molecule has 0 bridgehead atoms. The van der Waals surface area contributed by atoms with Crippen molar-refractivity contribution in [3.63, 3.8) is 0 Å². The zero-order valence-corrected chi connectivity index (χ0v) is 20.3. The molecule has 1 N–H and O–H groups in total. The van der Waals surface area contributed by atoms with Crippen LogP contribution in [0.2, 0.25) is 0 Å². The number of amides is 1. The molecule has 0 aliphatic carbocycles. The lowest BCUT2D eigenvalue weighted by Gasteiger charge is -2.19. The second kappa shape index (κ2) is 9.75. The molecule has 174 valence electrons. The number of thiocarbonyl (C=S) groups is 1. The quantitative estimate of drug-likeness (QED) is 0.353. The molecule has 2 aromatic rings. The number of benzene rings is 1. The standard InChI is InChI=1S/C24H22N4O4S2/c1-4-8-28-23(30)20(34-24(28)33)10-16-14(3)17(11-25)22(29)27(5-2)21(16)26-12-15-6-7-18-19(9-15)32-13-31-18/h4,6-7,9-10,26H,1,5,8,12-13H2,2-3H3/b20-10+. The molecule has 34 heavy (non-hydrogen) atoms. The van der Waals surface area contributed by atoms with Crippen molar-refractivity contribution in [1.82, 2.24) is 9.47 Å². The molecular formula is C24H22N4O4S2. The third-order valence-corrected chi connectivity index (χ3v) is 6.93. The van der Waals surface area contributed by atoms with E-state index >= 15 is 0 Å². The fourth-order valence-corrected chi connectivity index (χ4v) is 5.07. The van der Waals surface area contributed by atoms with Gasteiger partial charge in [0.05, 0.1) is 4.91 Å². The summed E-state index contributed by atoms with van der Waals surface area (Å²) in [7, 11) is 0. The Labute approximate surface area is 206 Å². The van der Waals surface area contributed by atoms with E-state index in [0.29, 0.717) is 57.3 Å². The second-order valence-corrected chi connectivity index (χ2v) is 9.22. The van der Waals surface area contributed by atoms with Gasteiger partial charge >= 0.3 is 0 Å². The van der Waals surface area contributed by atoms with E-state index in [1.54, 1.807) is 19.1 Å². The highest BCUT2D eigenvalue weighted by Gasteiger charge is 2.32. The van der Waals surface area contributed by atoms with Gasteiger partial charge in [0.2, 0.25) is 6.79 Å². The van der Waals surface area contributed by atoms with Crippen LogP contribution < -0.4 is 20.3 Å². The van der Waals surface area contributed by atoms with Crippen LogP contribution in [0.4, 0.5) is 5.82 Å². The Bertz CT molecular complexity index is 1340. The number of carbonyl (C=O) groups is 1. The van der Waals surface area contributed by atoms with Gasteiger partial charge in [0.15, 0.2) is 11.5 Å². The minimum absolute atomic E-state index is 0.0447. The van der Waals surface area contributed by atoms with Crippen LogP contribution in [0.3, 0.4) is 0 Å². The molecule has 10 heteroatoms. The van der Waals surface area contributed by atoms with E-state index < -0.39 is 0 Å². The van der Waals surface area contributed by atoms with Crippen LogP contribution in [0.15, 0.2) is 40.6 Å². The molecule has 0 radical (unpaired) electrons. The topological polar surface area (TPSA) is 96.6 Å². The van der Waals surface area contributed by atoms with E-state index in [9.17, 15) is 14.9 Å². The Hall–Kier alpha value is -3.55. The summed E-state index contributed by atoms with van der Waals surface area (Å²) < 4.78 is 12.8. The number of fused-ring (bicyclic) bond motifs is 1. The van der Waals surface area contributed by atoms with E-state index in [0.717, 1.165) is 5.56 Å². The van der Waals surface area contributed by atoms with Gasteiger partial charge in [0, 0.05) is 25.2 Å². The lowest BCUT2D eigenvalue weighted by atomic mass is 10.0. The van der Waals surface area contributed by atoms with Crippen molar-refractivity contribution in [3.05, 3.63) is 68.4 Å². The fourth-order valence-electron chi connectivity index (χ4n) is 3.81. The number of anilines is 1. The summed E-state index contributed by atoms with van der Waals surface area (Å²) in [5, 5.41) is 13.0. The zero-order chi connectivity index (χ0) is 24.4. The molecule has 1 aromatic carbocycles. The van der Waals surface area contributed by atoms with Gasteiger partial charge in [-0.05, 0) is 43.2 Å². The van der Waals surface area contributed by atoms with Crippen LogP contribution in [-0.2, 0) is 17.9 Å². The number of nitriles is 1. The minimum Gasteiger partial charge on any atom is -0.454 e. The van der Waals surface area contributed by atoms with Crippen LogP contribution in [0.5, 0.6) is 11.5 Å². The number of hydrogen-bond acceptors (Lipinski definition) is 8. The lowest BCUT2D eigenvalue weighted by Crippen LogP contribution is -2.28. The molecule has 1 aromatic heterocycles. The predicted octanol–water partition coefficient (Wildman–Crippen LogP) is 3.78. The Balaban J connectivity index is 1.78. The normalized spacial score (nSPS) is 15.7. The molecular weight excluding hydrogens is 472 g/mol. The summed E-state index contributed by atoms with van der Waals surface area (Å²) in [4.78, 5) is 27.8. The summed E-state index contributed by atoms with van der Waals surface area (Å²) in [6.07, 6.45) is 3.31. The summed E-state index contributed by atoms with van der Waals surface area (Å²) in [6.45, 7) is 8.45. The van der Waals surface area contributed by atoms with Gasteiger partial charge in [0.25, 0.3) is 11.5 Å². The molecule has 8 nitrogen and oxygen atoms in total. The molecule has 0 unspecified atom stereocenters. The van der Waals surface area contributed by atoms with Crippen LogP contribution in [0, 0.1) is 18.3 Å². The van der Waals surface area contributed by atoms with Crippen LogP contribution in [0.1, 0.15) is 29.2 Å². The molecule has 2 aliphatic heterocycles. The average molecular weight is 495 g/mol. The van der Waals surface area contributed by atoms with Crippen molar-refractivity contribution in [2.24, 2.45) is 0 Å². The maximum atomic E-state index is 13.0. The third kappa shape index (κ3) is 4.20. The first-order valence-electron chi connectivity index (χ1n) is 10.6. The maximum absolute atomic E-state index is 13.0. The van der Waals surface area contributed by atoms with E-state index in [2.05, 4.69) is 11.9 Å². The number of hydrogen-bond donors (Lipinski definition) is 1. The first-order chi connectivity index (χ1) is 16.4. The number of nitrogens with one attached hydrogen (secondary N) is 1. The van der Waals surface area contributed by atoms with E-state index in [1.807, 2.05) is 31.2 Å². The Morgan fingerprint density at radius 2 is 2.09 bits per heavy atom. The van der Waals surface area contributed by atoms with E-state index in [4.69, 9.17) is 21.7 Å². The van der Waals surface area contributed by atoms with Gasteiger partial charge in [-0.25, -0.2) is 0 Å². The molecule has 0 spiro atoms. The molecule has 1 saturated heterocycles.